The quantitative estimate of drug-likeness (QED) is 0.105. The Morgan fingerprint density at radius 1 is 1.02 bits per heavy atom. The summed E-state index contributed by atoms with van der Waals surface area (Å²) in [6, 6.07) is 16.6. The minimum Gasteiger partial charge on any atom is -0.481 e. The predicted molar refractivity (Wildman–Crippen MR) is 194 cm³/mol. The topological polar surface area (TPSA) is 119 Å². The largest absolute Gasteiger partial charge is 0.481 e. The molecule has 0 amide bonds. The Hall–Kier alpha value is -5.07. The molecule has 0 radical (unpaired) electrons. The van der Waals surface area contributed by atoms with Gasteiger partial charge in [-0.25, -0.2) is 28.7 Å². The lowest BCUT2D eigenvalue weighted by Crippen LogP contribution is -2.42. The molecule has 0 aliphatic heterocycles. The highest BCUT2D eigenvalue weighted by Gasteiger charge is 2.60. The summed E-state index contributed by atoms with van der Waals surface area (Å²) in [6.45, 7) is 2.50. The molecule has 0 saturated heterocycles. The zero-order chi connectivity index (χ0) is 36.8. The van der Waals surface area contributed by atoms with Crippen LogP contribution in [0.2, 0.25) is 5.02 Å². The summed E-state index contributed by atoms with van der Waals surface area (Å²) in [5, 5.41) is 3.65. The number of carbonyl (C=O) groups excluding carboxylic acids is 2. The molecule has 10 nitrogen and oxygen atoms in total. The zero-order valence-corrected chi connectivity index (χ0v) is 29.9. The van der Waals surface area contributed by atoms with E-state index in [1.165, 1.54) is 19.4 Å². The Bertz CT molecular complexity index is 2210. The number of fused-ring (bicyclic) bond motifs is 3. The fraction of sp³-hybridized carbons (Fsp3) is 0.333. The van der Waals surface area contributed by atoms with Gasteiger partial charge >= 0.3 is 5.97 Å². The Morgan fingerprint density at radius 2 is 1.75 bits per heavy atom. The van der Waals surface area contributed by atoms with E-state index in [1.807, 2.05) is 49.4 Å². The third kappa shape index (κ3) is 6.13. The standard InChI is InChI=1S/C39H37ClF2N6O4/c1-22-25(7-6-10-28(22)44-34-32-30(17-23(20-49)18-43-32)45-35(47-34)33(41)42)26-8-5-9-27(31(26)40)29-12-11-24(36(46-29)51-3)19-48(2)39-15-13-38(21-39,14-16-39)37(50)52-4/h5-12,17-18,20,33H,13-16,19,21H2,1-4H3,(H,44,45,47). The molecule has 0 unspecified atom stereocenters. The first-order chi connectivity index (χ1) is 25.0. The molecule has 13 heteroatoms. The highest BCUT2D eigenvalue weighted by Crippen LogP contribution is 2.59. The zero-order valence-electron chi connectivity index (χ0n) is 29.2. The van der Waals surface area contributed by atoms with Gasteiger partial charge in [0.05, 0.1) is 35.9 Å². The number of nitrogens with zero attached hydrogens (tertiary/aromatic N) is 5. The number of halogens is 3. The number of hydrogen-bond donors (Lipinski definition) is 1. The first-order valence-electron chi connectivity index (χ1n) is 16.9. The van der Waals surface area contributed by atoms with Gasteiger partial charge in [-0.15, -0.1) is 0 Å². The predicted octanol–water partition coefficient (Wildman–Crippen LogP) is 8.53. The molecule has 0 spiro atoms. The van der Waals surface area contributed by atoms with Crippen molar-refractivity contribution < 1.29 is 27.8 Å². The summed E-state index contributed by atoms with van der Waals surface area (Å²) in [5.74, 6) is -0.198. The van der Waals surface area contributed by atoms with Gasteiger partial charge < -0.3 is 14.8 Å². The van der Waals surface area contributed by atoms with Crippen molar-refractivity contribution in [2.24, 2.45) is 5.41 Å². The average Bonchev–Trinajstić information content (AvgIpc) is 3.75. The normalized spacial score (nSPS) is 19.4. The van der Waals surface area contributed by atoms with E-state index in [1.54, 1.807) is 13.2 Å². The fourth-order valence-electron chi connectivity index (χ4n) is 7.96. The number of aldehydes is 1. The molecule has 2 fully saturated rings. The lowest BCUT2D eigenvalue weighted by molar-refractivity contribution is -0.152. The Balaban J connectivity index is 1.17. The molecule has 2 saturated carbocycles. The van der Waals surface area contributed by atoms with E-state index >= 15 is 0 Å². The highest BCUT2D eigenvalue weighted by molar-refractivity contribution is 6.36. The van der Waals surface area contributed by atoms with Crippen LogP contribution in [0.25, 0.3) is 33.4 Å². The Kier molecular flexibility index (Phi) is 9.39. The number of pyridine rings is 2. The van der Waals surface area contributed by atoms with Crippen molar-refractivity contribution in [3.05, 3.63) is 88.3 Å². The number of methoxy groups -OCH3 is 2. The van der Waals surface area contributed by atoms with Crippen molar-refractivity contribution in [2.45, 2.75) is 57.5 Å². The third-order valence-electron chi connectivity index (χ3n) is 10.8. The van der Waals surface area contributed by atoms with Crippen LogP contribution < -0.4 is 10.1 Å². The lowest BCUT2D eigenvalue weighted by Gasteiger charge is -2.37. The molecule has 2 aromatic carbocycles. The number of alkyl halides is 2. The van der Waals surface area contributed by atoms with Crippen molar-refractivity contribution in [2.75, 3.05) is 26.6 Å². The molecule has 3 heterocycles. The highest BCUT2D eigenvalue weighted by atomic mass is 35.5. The van der Waals surface area contributed by atoms with Gasteiger partial charge in [-0.1, -0.05) is 48.0 Å². The van der Waals surface area contributed by atoms with Crippen LogP contribution in [0.3, 0.4) is 0 Å². The van der Waals surface area contributed by atoms with Crippen LogP contribution >= 0.6 is 11.6 Å². The minimum absolute atomic E-state index is 0.0705. The summed E-state index contributed by atoms with van der Waals surface area (Å²) in [7, 11) is 5.17. The summed E-state index contributed by atoms with van der Waals surface area (Å²) >= 11 is 7.13. The molecule has 1 N–H and O–H groups in total. The lowest BCUT2D eigenvalue weighted by atomic mass is 9.84. The van der Waals surface area contributed by atoms with Gasteiger partial charge in [0.15, 0.2) is 17.9 Å². The van der Waals surface area contributed by atoms with Crippen molar-refractivity contribution >= 4 is 46.4 Å². The van der Waals surface area contributed by atoms with Crippen LogP contribution in [0.1, 0.15) is 65.8 Å². The Labute approximate surface area is 304 Å². The van der Waals surface area contributed by atoms with E-state index in [-0.39, 0.29) is 39.3 Å². The summed E-state index contributed by atoms with van der Waals surface area (Å²) < 4.78 is 38.5. The first-order valence-corrected chi connectivity index (χ1v) is 17.3. The van der Waals surface area contributed by atoms with Crippen LogP contribution in [-0.4, -0.2) is 63.9 Å². The molecule has 0 atom stereocenters. The number of hydrogen-bond acceptors (Lipinski definition) is 10. The maximum absolute atomic E-state index is 13.8. The average molecular weight is 727 g/mol. The molecule has 268 valence electrons. The maximum Gasteiger partial charge on any atom is 0.311 e. The van der Waals surface area contributed by atoms with Crippen LogP contribution in [0.4, 0.5) is 20.3 Å². The van der Waals surface area contributed by atoms with E-state index < -0.39 is 12.2 Å². The smallest absolute Gasteiger partial charge is 0.311 e. The van der Waals surface area contributed by atoms with Gasteiger partial charge in [-0.3, -0.25) is 14.5 Å². The maximum atomic E-state index is 13.8. The van der Waals surface area contributed by atoms with Crippen LogP contribution in [-0.2, 0) is 16.1 Å². The van der Waals surface area contributed by atoms with E-state index in [0.717, 1.165) is 54.4 Å². The van der Waals surface area contributed by atoms with Crippen molar-refractivity contribution in [3.63, 3.8) is 0 Å². The van der Waals surface area contributed by atoms with E-state index in [4.69, 9.17) is 26.1 Å². The number of rotatable bonds is 11. The second-order valence-corrected chi connectivity index (χ2v) is 14.0. The molecule has 5 aromatic rings. The van der Waals surface area contributed by atoms with Crippen LogP contribution in [0.15, 0.2) is 60.8 Å². The molecule has 3 aromatic heterocycles. The van der Waals surface area contributed by atoms with Gasteiger partial charge in [0.2, 0.25) is 5.88 Å². The van der Waals surface area contributed by atoms with Crippen molar-refractivity contribution in [1.29, 1.82) is 0 Å². The number of anilines is 2. The minimum atomic E-state index is -2.93. The SMILES string of the molecule is COC(=O)C12CCC(N(C)Cc3ccc(-c4cccc(-c5cccc(Nc6nc(C(F)F)nc7cc(C=O)cnc67)c5C)c4Cl)nc3OC)(CC1)C2. The van der Waals surface area contributed by atoms with Crippen LogP contribution in [0, 0.1) is 12.3 Å². The van der Waals surface area contributed by atoms with Gasteiger partial charge in [-0.05, 0) is 75.4 Å². The van der Waals surface area contributed by atoms with Gasteiger partial charge in [-0.2, -0.15) is 0 Å². The molecular weight excluding hydrogens is 690 g/mol. The number of carbonyl (C=O) groups is 2. The Morgan fingerprint density at radius 3 is 2.46 bits per heavy atom. The number of benzene rings is 2. The van der Waals surface area contributed by atoms with E-state index in [9.17, 15) is 18.4 Å². The van der Waals surface area contributed by atoms with Crippen molar-refractivity contribution in [3.8, 4) is 28.3 Å². The first kappa shape index (κ1) is 35.3. The summed E-state index contributed by atoms with van der Waals surface area (Å²) in [5.41, 5.74) is 5.34. The molecule has 2 bridgehead atoms. The number of aromatic nitrogens is 4. The number of esters is 1. The summed E-state index contributed by atoms with van der Waals surface area (Å²) in [4.78, 5) is 43.4. The van der Waals surface area contributed by atoms with Crippen molar-refractivity contribution in [1.82, 2.24) is 24.8 Å². The molecular formula is C39H37ClF2N6O4. The molecule has 2 aliphatic rings. The van der Waals surface area contributed by atoms with E-state index in [0.29, 0.717) is 40.7 Å². The number of nitrogens with one attached hydrogen (secondary N) is 1. The molecule has 2 aliphatic carbocycles. The van der Waals surface area contributed by atoms with Gasteiger partial charge in [0.1, 0.15) is 5.52 Å². The van der Waals surface area contributed by atoms with Crippen LogP contribution in [0.5, 0.6) is 5.88 Å². The van der Waals surface area contributed by atoms with Gasteiger partial charge in [0, 0.05) is 46.2 Å². The monoisotopic (exact) mass is 726 g/mol. The number of ether oxygens (including phenoxy) is 2. The molecule has 7 rings (SSSR count). The molecule has 52 heavy (non-hydrogen) atoms. The summed E-state index contributed by atoms with van der Waals surface area (Å²) in [6.07, 6.45) is 3.34. The van der Waals surface area contributed by atoms with E-state index in [2.05, 4.69) is 32.2 Å². The third-order valence-corrected chi connectivity index (χ3v) is 11.2. The fourth-order valence-corrected chi connectivity index (χ4v) is 8.28. The second-order valence-electron chi connectivity index (χ2n) is 13.6. The van der Waals surface area contributed by atoms with Gasteiger partial charge in [0.25, 0.3) is 6.43 Å². The second kappa shape index (κ2) is 13.8.